The molecule has 1 fully saturated rings. The van der Waals surface area contributed by atoms with Gasteiger partial charge in [0, 0.05) is 24.7 Å². The number of benzene rings is 2. The quantitative estimate of drug-likeness (QED) is 0.621. The fraction of sp³-hybridized carbons (Fsp3) is 0.381. The minimum Gasteiger partial charge on any atom is -0.429 e. The zero-order valence-corrected chi connectivity index (χ0v) is 15.4. The average molecular weight is 352 g/mol. The normalized spacial score (nSPS) is 24.3. The first-order valence-electron chi connectivity index (χ1n) is 8.95. The van der Waals surface area contributed by atoms with E-state index in [0.717, 1.165) is 18.5 Å². The molecule has 26 heavy (non-hydrogen) atoms. The molecule has 0 aliphatic carbocycles. The first-order chi connectivity index (χ1) is 12.5. The Labute approximate surface area is 154 Å². The Bertz CT molecular complexity index is 823. The summed E-state index contributed by atoms with van der Waals surface area (Å²) in [5.41, 5.74) is 3.42. The van der Waals surface area contributed by atoms with Gasteiger partial charge in [-0.05, 0) is 42.8 Å². The van der Waals surface area contributed by atoms with Crippen LogP contribution in [0.15, 0.2) is 48.5 Å². The summed E-state index contributed by atoms with van der Waals surface area (Å²) in [5, 5.41) is 0. The highest BCUT2D eigenvalue weighted by Crippen LogP contribution is 2.51. The third-order valence-corrected chi connectivity index (χ3v) is 5.70. The molecule has 0 aromatic heterocycles. The van der Waals surface area contributed by atoms with Gasteiger partial charge in [0.2, 0.25) is 0 Å². The number of hydrogen-bond acceptors (Lipinski definition) is 5. The van der Waals surface area contributed by atoms with Crippen LogP contribution in [0.5, 0.6) is 5.75 Å². The van der Waals surface area contributed by atoms with Crippen LogP contribution >= 0.6 is 0 Å². The van der Waals surface area contributed by atoms with Crippen molar-refractivity contribution in [1.29, 1.82) is 0 Å². The standard InChI is InChI=1S/C21H24N2O3/c1-21-11-12-22(2)19(21)23(3)18-10-9-16(13-17(18)21)26-20(24)25-14-15-7-5-4-6-8-15/h4-10,13,19H,11-12,14H2,1-3H3/t19-,21-/m0/s1. The van der Waals surface area contributed by atoms with Gasteiger partial charge >= 0.3 is 6.16 Å². The molecule has 5 heteroatoms. The molecule has 1 saturated heterocycles. The van der Waals surface area contributed by atoms with Crippen LogP contribution in [0.4, 0.5) is 10.5 Å². The van der Waals surface area contributed by atoms with Gasteiger partial charge in [-0.3, -0.25) is 4.90 Å². The molecule has 0 amide bonds. The Morgan fingerprint density at radius 1 is 1.19 bits per heavy atom. The van der Waals surface area contributed by atoms with E-state index < -0.39 is 6.16 Å². The summed E-state index contributed by atoms with van der Waals surface area (Å²) in [4.78, 5) is 16.7. The largest absolute Gasteiger partial charge is 0.514 e. The predicted molar refractivity (Wildman–Crippen MR) is 100 cm³/mol. The third-order valence-electron chi connectivity index (χ3n) is 5.70. The van der Waals surface area contributed by atoms with Gasteiger partial charge in [0.25, 0.3) is 0 Å². The Morgan fingerprint density at radius 3 is 2.73 bits per heavy atom. The van der Waals surface area contributed by atoms with E-state index in [1.165, 1.54) is 11.3 Å². The Balaban J connectivity index is 1.48. The second kappa shape index (κ2) is 6.32. The van der Waals surface area contributed by atoms with Gasteiger partial charge in [-0.1, -0.05) is 37.3 Å². The molecule has 0 unspecified atom stereocenters. The lowest BCUT2D eigenvalue weighted by atomic mass is 9.81. The summed E-state index contributed by atoms with van der Waals surface area (Å²) in [6.07, 6.45) is 0.760. The summed E-state index contributed by atoms with van der Waals surface area (Å²) in [6.45, 7) is 3.56. The van der Waals surface area contributed by atoms with Crippen LogP contribution in [0.25, 0.3) is 0 Å². The highest BCUT2D eigenvalue weighted by Gasteiger charge is 2.52. The maximum absolute atomic E-state index is 12.0. The number of likely N-dealkylation sites (tertiary alicyclic amines) is 1. The molecule has 2 aliphatic rings. The first kappa shape index (κ1) is 16.9. The van der Waals surface area contributed by atoms with Crippen LogP contribution in [0, 0.1) is 0 Å². The van der Waals surface area contributed by atoms with Gasteiger partial charge in [0.1, 0.15) is 12.4 Å². The van der Waals surface area contributed by atoms with E-state index in [1.54, 1.807) is 0 Å². The molecular weight excluding hydrogens is 328 g/mol. The first-order valence-corrected chi connectivity index (χ1v) is 8.95. The van der Waals surface area contributed by atoms with Gasteiger partial charge < -0.3 is 14.4 Å². The molecule has 0 radical (unpaired) electrons. The van der Waals surface area contributed by atoms with Crippen molar-refractivity contribution in [2.24, 2.45) is 0 Å². The minimum atomic E-state index is -0.676. The number of rotatable bonds is 3. The zero-order chi connectivity index (χ0) is 18.3. The Morgan fingerprint density at radius 2 is 1.96 bits per heavy atom. The summed E-state index contributed by atoms with van der Waals surface area (Å²) in [6, 6.07) is 15.4. The lowest BCUT2D eigenvalue weighted by molar-refractivity contribution is 0.0927. The molecular formula is C21H24N2O3. The van der Waals surface area contributed by atoms with Crippen molar-refractivity contribution >= 4 is 11.8 Å². The van der Waals surface area contributed by atoms with Crippen LogP contribution in [0.2, 0.25) is 0 Å². The molecule has 0 saturated carbocycles. The van der Waals surface area contributed by atoms with E-state index in [9.17, 15) is 4.79 Å². The van der Waals surface area contributed by atoms with E-state index in [4.69, 9.17) is 9.47 Å². The SMILES string of the molecule is CN1CC[C@@]2(C)c3cc(OC(=O)OCc4ccccc4)ccc3N(C)[C@H]12. The molecule has 5 nitrogen and oxygen atoms in total. The fourth-order valence-electron chi connectivity index (χ4n) is 4.46. The molecule has 0 spiro atoms. The van der Waals surface area contributed by atoms with Crippen molar-refractivity contribution in [3.05, 3.63) is 59.7 Å². The number of likely N-dealkylation sites (N-methyl/N-ethyl adjacent to an activating group) is 2. The van der Waals surface area contributed by atoms with E-state index in [1.807, 2.05) is 48.5 Å². The number of nitrogens with zero attached hydrogens (tertiary/aromatic N) is 2. The number of hydrogen-bond donors (Lipinski definition) is 0. The number of ether oxygens (including phenoxy) is 2. The van der Waals surface area contributed by atoms with E-state index in [2.05, 4.69) is 30.8 Å². The van der Waals surface area contributed by atoms with Gasteiger partial charge in [-0.25, -0.2) is 4.79 Å². The summed E-state index contributed by atoms with van der Waals surface area (Å²) in [5.74, 6) is 0.534. The van der Waals surface area contributed by atoms with Gasteiger partial charge in [0.05, 0.1) is 6.17 Å². The second-order valence-corrected chi connectivity index (χ2v) is 7.44. The fourth-order valence-corrected chi connectivity index (χ4v) is 4.46. The molecule has 2 atom stereocenters. The van der Waals surface area contributed by atoms with E-state index in [0.29, 0.717) is 11.9 Å². The monoisotopic (exact) mass is 352 g/mol. The van der Waals surface area contributed by atoms with Gasteiger partial charge in [-0.15, -0.1) is 0 Å². The van der Waals surface area contributed by atoms with Crippen molar-refractivity contribution in [2.75, 3.05) is 25.5 Å². The van der Waals surface area contributed by atoms with Crippen molar-refractivity contribution in [2.45, 2.75) is 31.5 Å². The van der Waals surface area contributed by atoms with Crippen LogP contribution in [0.3, 0.4) is 0 Å². The molecule has 0 bridgehead atoms. The van der Waals surface area contributed by atoms with Gasteiger partial charge in [-0.2, -0.15) is 0 Å². The minimum absolute atomic E-state index is 0.0478. The molecule has 136 valence electrons. The van der Waals surface area contributed by atoms with Crippen LogP contribution in [-0.4, -0.2) is 37.9 Å². The van der Waals surface area contributed by atoms with Crippen molar-refractivity contribution in [3.63, 3.8) is 0 Å². The molecule has 2 heterocycles. The topological polar surface area (TPSA) is 42.0 Å². The highest BCUT2D eigenvalue weighted by atomic mass is 16.7. The highest BCUT2D eigenvalue weighted by molar-refractivity contribution is 5.69. The third kappa shape index (κ3) is 2.72. The summed E-state index contributed by atoms with van der Waals surface area (Å²) >= 11 is 0. The number of carbonyl (C=O) groups is 1. The number of anilines is 1. The Kier molecular flexibility index (Phi) is 4.11. The maximum atomic E-state index is 12.0. The van der Waals surface area contributed by atoms with Crippen molar-refractivity contribution in [3.8, 4) is 5.75 Å². The van der Waals surface area contributed by atoms with E-state index in [-0.39, 0.29) is 12.0 Å². The molecule has 2 aromatic carbocycles. The summed E-state index contributed by atoms with van der Waals surface area (Å²) in [7, 11) is 4.29. The van der Waals surface area contributed by atoms with Gasteiger partial charge in [0.15, 0.2) is 0 Å². The molecule has 2 aromatic rings. The average Bonchev–Trinajstić information content (AvgIpc) is 3.06. The lowest BCUT2D eigenvalue weighted by Gasteiger charge is -2.32. The van der Waals surface area contributed by atoms with Crippen molar-refractivity contribution < 1.29 is 14.3 Å². The second-order valence-electron chi connectivity index (χ2n) is 7.44. The molecule has 4 rings (SSSR count). The van der Waals surface area contributed by atoms with E-state index >= 15 is 0 Å². The smallest absolute Gasteiger partial charge is 0.429 e. The number of fused-ring (bicyclic) bond motifs is 3. The van der Waals surface area contributed by atoms with Crippen molar-refractivity contribution in [1.82, 2.24) is 4.90 Å². The lowest BCUT2D eigenvalue weighted by Crippen LogP contribution is -2.45. The number of carbonyl (C=O) groups excluding carboxylic acids is 1. The van der Waals surface area contributed by atoms with Crippen LogP contribution in [0.1, 0.15) is 24.5 Å². The molecule has 0 N–H and O–H groups in total. The zero-order valence-electron chi connectivity index (χ0n) is 15.4. The van der Waals surface area contributed by atoms with Crippen LogP contribution in [-0.2, 0) is 16.8 Å². The summed E-state index contributed by atoms with van der Waals surface area (Å²) < 4.78 is 10.6. The Hall–Kier alpha value is -2.53. The van der Waals surface area contributed by atoms with Crippen LogP contribution < -0.4 is 9.64 Å². The maximum Gasteiger partial charge on any atom is 0.514 e. The predicted octanol–water partition coefficient (Wildman–Crippen LogP) is 3.77. The molecule has 2 aliphatic heterocycles.